The molecule has 0 bridgehead atoms. The number of rotatable bonds is 0. The Bertz CT molecular complexity index is 785. The Kier molecular flexibility index (Phi) is 2.57. The van der Waals surface area contributed by atoms with Crippen LogP contribution in [0.15, 0.2) is 16.9 Å². The van der Waals surface area contributed by atoms with Crippen molar-refractivity contribution >= 4 is 5.91 Å². The van der Waals surface area contributed by atoms with E-state index in [0.29, 0.717) is 23.6 Å². The van der Waals surface area contributed by atoms with Crippen LogP contribution in [0.1, 0.15) is 27.3 Å². The van der Waals surface area contributed by atoms with E-state index in [9.17, 15) is 9.59 Å². The minimum Gasteiger partial charge on any atom is -0.334 e. The van der Waals surface area contributed by atoms with Crippen molar-refractivity contribution in [2.45, 2.75) is 20.4 Å². The first kappa shape index (κ1) is 12.7. The summed E-state index contributed by atoms with van der Waals surface area (Å²) >= 11 is 0. The number of aryl methyl sites for hydroxylation is 3. The number of carbonyl (C=O) groups excluding carboxylic acids is 1. The Morgan fingerprint density at radius 3 is 2.45 bits per heavy atom. The SMILES string of the molecule is Cc1cc2c(cc1C)-n1c(nn(C)c1=O)CN(C)C2=O. The molecule has 0 atom stereocenters. The van der Waals surface area contributed by atoms with E-state index in [1.165, 1.54) is 9.25 Å². The average molecular weight is 272 g/mol. The molecule has 0 spiro atoms. The number of benzene rings is 1. The number of amides is 1. The first-order chi connectivity index (χ1) is 9.40. The first-order valence-electron chi connectivity index (χ1n) is 6.42. The first-order valence-corrected chi connectivity index (χ1v) is 6.42. The highest BCUT2D eigenvalue weighted by Gasteiger charge is 2.27. The lowest BCUT2D eigenvalue weighted by Crippen LogP contribution is -2.25. The van der Waals surface area contributed by atoms with E-state index >= 15 is 0 Å². The van der Waals surface area contributed by atoms with Crippen molar-refractivity contribution in [2.24, 2.45) is 7.05 Å². The summed E-state index contributed by atoms with van der Waals surface area (Å²) < 4.78 is 2.83. The van der Waals surface area contributed by atoms with Crippen LogP contribution < -0.4 is 5.69 Å². The maximum atomic E-state index is 12.4. The van der Waals surface area contributed by atoms with E-state index in [4.69, 9.17) is 0 Å². The van der Waals surface area contributed by atoms with Crippen LogP contribution in [0.5, 0.6) is 0 Å². The third kappa shape index (κ3) is 1.61. The molecule has 0 unspecified atom stereocenters. The molecule has 2 aromatic rings. The maximum Gasteiger partial charge on any atom is 0.350 e. The van der Waals surface area contributed by atoms with Crippen molar-refractivity contribution in [3.63, 3.8) is 0 Å². The van der Waals surface area contributed by atoms with Gasteiger partial charge in [-0.1, -0.05) is 0 Å². The summed E-state index contributed by atoms with van der Waals surface area (Å²) in [5.74, 6) is 0.492. The molecule has 0 radical (unpaired) electrons. The molecule has 1 aliphatic heterocycles. The van der Waals surface area contributed by atoms with Gasteiger partial charge < -0.3 is 4.90 Å². The second-order valence-corrected chi connectivity index (χ2v) is 5.27. The fraction of sp³-hybridized carbons (Fsp3) is 0.357. The average Bonchev–Trinajstić information content (AvgIpc) is 2.61. The van der Waals surface area contributed by atoms with Crippen LogP contribution in [0, 0.1) is 13.8 Å². The highest BCUT2D eigenvalue weighted by molar-refractivity contribution is 5.98. The molecule has 6 nitrogen and oxygen atoms in total. The fourth-order valence-electron chi connectivity index (χ4n) is 2.51. The van der Waals surface area contributed by atoms with Crippen LogP contribution >= 0.6 is 0 Å². The quantitative estimate of drug-likeness (QED) is 0.712. The van der Waals surface area contributed by atoms with Gasteiger partial charge in [0.1, 0.15) is 0 Å². The van der Waals surface area contributed by atoms with E-state index in [1.807, 2.05) is 26.0 Å². The summed E-state index contributed by atoms with van der Waals surface area (Å²) in [6.07, 6.45) is 0. The summed E-state index contributed by atoms with van der Waals surface area (Å²) in [5, 5.41) is 4.22. The number of nitrogens with zero attached hydrogens (tertiary/aromatic N) is 4. The third-order valence-electron chi connectivity index (χ3n) is 3.80. The number of carbonyl (C=O) groups is 1. The van der Waals surface area contributed by atoms with Gasteiger partial charge in [0.15, 0.2) is 5.82 Å². The summed E-state index contributed by atoms with van der Waals surface area (Å²) in [7, 11) is 3.34. The number of fused-ring (bicyclic) bond motifs is 3. The molecule has 0 aliphatic carbocycles. The van der Waals surface area contributed by atoms with Gasteiger partial charge in [0.25, 0.3) is 5.91 Å². The normalized spacial score (nSPS) is 14.0. The van der Waals surface area contributed by atoms with Gasteiger partial charge in [-0.3, -0.25) is 4.79 Å². The summed E-state index contributed by atoms with van der Waals surface area (Å²) in [6.45, 7) is 4.25. The molecule has 1 aromatic heterocycles. The minimum atomic E-state index is -0.229. The van der Waals surface area contributed by atoms with Crippen LogP contribution in [0.4, 0.5) is 0 Å². The second kappa shape index (κ2) is 4.06. The monoisotopic (exact) mass is 272 g/mol. The van der Waals surface area contributed by atoms with Crippen LogP contribution in [-0.2, 0) is 13.6 Å². The molecular formula is C14H16N4O2. The van der Waals surface area contributed by atoms with E-state index < -0.39 is 0 Å². The topological polar surface area (TPSA) is 60.1 Å². The smallest absolute Gasteiger partial charge is 0.334 e. The minimum absolute atomic E-state index is 0.0874. The molecule has 104 valence electrons. The molecule has 3 rings (SSSR count). The van der Waals surface area contributed by atoms with Gasteiger partial charge in [0.2, 0.25) is 0 Å². The number of aromatic nitrogens is 3. The molecular weight excluding hydrogens is 256 g/mol. The van der Waals surface area contributed by atoms with Crippen LogP contribution in [0.3, 0.4) is 0 Å². The number of hydrogen-bond donors (Lipinski definition) is 0. The third-order valence-corrected chi connectivity index (χ3v) is 3.80. The summed E-state index contributed by atoms with van der Waals surface area (Å²) in [6, 6.07) is 3.73. The van der Waals surface area contributed by atoms with Crippen molar-refractivity contribution in [3.05, 3.63) is 45.1 Å². The lowest BCUT2D eigenvalue weighted by molar-refractivity contribution is 0.0786. The zero-order valence-electron chi connectivity index (χ0n) is 12.0. The molecule has 0 fully saturated rings. The van der Waals surface area contributed by atoms with Gasteiger partial charge in [-0.2, -0.15) is 5.10 Å². The standard InChI is InChI=1S/C14H16N4O2/c1-8-5-10-11(6-9(8)2)18-12(7-16(3)13(10)19)15-17(4)14(18)20/h5-6H,7H2,1-4H3. The highest BCUT2D eigenvalue weighted by atomic mass is 16.2. The highest BCUT2D eigenvalue weighted by Crippen LogP contribution is 2.24. The molecule has 6 heteroatoms. The van der Waals surface area contributed by atoms with Gasteiger partial charge in [-0.25, -0.2) is 14.0 Å². The van der Waals surface area contributed by atoms with Crippen molar-refractivity contribution in [1.29, 1.82) is 0 Å². The van der Waals surface area contributed by atoms with Crippen LogP contribution in [-0.4, -0.2) is 32.2 Å². The van der Waals surface area contributed by atoms with Crippen molar-refractivity contribution in [2.75, 3.05) is 7.05 Å². The molecule has 2 heterocycles. The van der Waals surface area contributed by atoms with Crippen LogP contribution in [0.25, 0.3) is 5.69 Å². The van der Waals surface area contributed by atoms with Gasteiger partial charge in [-0.05, 0) is 37.1 Å². The summed E-state index contributed by atoms with van der Waals surface area (Å²) in [5.41, 5.74) is 3.02. The molecule has 0 saturated heterocycles. The Morgan fingerprint density at radius 1 is 1.10 bits per heavy atom. The Labute approximate surface area is 116 Å². The lowest BCUT2D eigenvalue weighted by atomic mass is 10.0. The van der Waals surface area contributed by atoms with Gasteiger partial charge >= 0.3 is 5.69 Å². The lowest BCUT2D eigenvalue weighted by Gasteiger charge is -2.14. The van der Waals surface area contributed by atoms with Gasteiger partial charge in [0, 0.05) is 14.1 Å². The van der Waals surface area contributed by atoms with Crippen molar-refractivity contribution in [3.8, 4) is 5.69 Å². The zero-order valence-corrected chi connectivity index (χ0v) is 12.0. The zero-order chi connectivity index (χ0) is 14.6. The second-order valence-electron chi connectivity index (χ2n) is 5.27. The Balaban J connectivity index is 2.43. The van der Waals surface area contributed by atoms with E-state index in [-0.39, 0.29) is 11.6 Å². The van der Waals surface area contributed by atoms with Crippen molar-refractivity contribution < 1.29 is 4.79 Å². The Hall–Kier alpha value is -2.37. The molecule has 0 saturated carbocycles. The molecule has 1 aromatic carbocycles. The summed E-state index contributed by atoms with van der Waals surface area (Å²) in [4.78, 5) is 26.3. The molecule has 0 N–H and O–H groups in total. The Morgan fingerprint density at radius 2 is 1.75 bits per heavy atom. The van der Waals surface area contributed by atoms with Crippen molar-refractivity contribution in [1.82, 2.24) is 19.2 Å². The van der Waals surface area contributed by atoms with Crippen LogP contribution in [0.2, 0.25) is 0 Å². The number of hydrogen-bond acceptors (Lipinski definition) is 3. The van der Waals surface area contributed by atoms with Gasteiger partial charge in [-0.15, -0.1) is 0 Å². The molecule has 1 aliphatic rings. The largest absolute Gasteiger partial charge is 0.350 e. The fourth-order valence-corrected chi connectivity index (χ4v) is 2.51. The van der Waals surface area contributed by atoms with Gasteiger partial charge in [0.05, 0.1) is 17.8 Å². The molecule has 1 amide bonds. The molecule has 20 heavy (non-hydrogen) atoms. The maximum absolute atomic E-state index is 12.4. The predicted molar refractivity (Wildman–Crippen MR) is 74.1 cm³/mol. The van der Waals surface area contributed by atoms with E-state index in [1.54, 1.807) is 19.0 Å². The predicted octanol–water partition coefficient (Wildman–Crippen LogP) is 0.773. The van der Waals surface area contributed by atoms with E-state index in [0.717, 1.165) is 11.1 Å². The van der Waals surface area contributed by atoms with E-state index in [2.05, 4.69) is 5.10 Å².